The zero-order valence-electron chi connectivity index (χ0n) is 11.6. The summed E-state index contributed by atoms with van der Waals surface area (Å²) in [5.41, 5.74) is 0.634. The summed E-state index contributed by atoms with van der Waals surface area (Å²) in [5, 5.41) is 3.73. The molecule has 1 aliphatic heterocycles. The fourth-order valence-electron chi connectivity index (χ4n) is 1.74. The zero-order chi connectivity index (χ0) is 13.6. The summed E-state index contributed by atoms with van der Waals surface area (Å²) in [7, 11) is 1.51. The van der Waals surface area contributed by atoms with Crippen LogP contribution in [0.25, 0.3) is 0 Å². The number of hydrogen-bond donors (Lipinski definition) is 0. The van der Waals surface area contributed by atoms with Crippen molar-refractivity contribution >= 4 is 12.2 Å². The second-order valence-electron chi connectivity index (χ2n) is 5.28. The molecule has 0 aliphatic carbocycles. The third-order valence-corrected chi connectivity index (χ3v) is 2.35. The number of nitrogens with zero attached hydrogens (tertiary/aromatic N) is 2. The third kappa shape index (κ3) is 5.82. The van der Waals surface area contributed by atoms with E-state index in [1.54, 1.807) is 6.21 Å². The van der Waals surface area contributed by atoms with Crippen LogP contribution in [0.1, 0.15) is 27.2 Å². The van der Waals surface area contributed by atoms with E-state index in [1.807, 2.05) is 25.7 Å². The van der Waals surface area contributed by atoms with Gasteiger partial charge in [0.15, 0.2) is 0 Å². The highest BCUT2D eigenvalue weighted by atomic mass is 16.6. The molecule has 0 atom stereocenters. The molecule has 0 amide bonds. The average Bonchev–Trinajstić information content (AvgIpc) is 2.24. The van der Waals surface area contributed by atoms with Gasteiger partial charge in [-0.05, 0) is 32.8 Å². The molecule has 1 heterocycles. The van der Waals surface area contributed by atoms with Crippen LogP contribution in [0, 0.1) is 0 Å². The Balaban J connectivity index is 2.43. The minimum Gasteiger partial charge on any atom is -0.459 e. The lowest BCUT2D eigenvalue weighted by atomic mass is 10.1. The van der Waals surface area contributed by atoms with Crippen LogP contribution in [0.15, 0.2) is 16.8 Å². The molecule has 0 radical (unpaired) electrons. The van der Waals surface area contributed by atoms with Gasteiger partial charge in [0.05, 0.1) is 12.8 Å². The fourth-order valence-corrected chi connectivity index (χ4v) is 1.74. The molecule has 0 unspecified atom stereocenters. The molecule has 0 aromatic rings. The van der Waals surface area contributed by atoms with Gasteiger partial charge in [0.2, 0.25) is 0 Å². The summed E-state index contributed by atoms with van der Waals surface area (Å²) in [6, 6.07) is 0. The molecule has 1 aliphatic rings. The Morgan fingerprint density at radius 3 is 2.89 bits per heavy atom. The highest BCUT2D eigenvalue weighted by Crippen LogP contribution is 2.11. The number of ether oxygens (including phenoxy) is 1. The van der Waals surface area contributed by atoms with Crippen molar-refractivity contribution in [3.8, 4) is 0 Å². The number of esters is 1. The first kappa shape index (κ1) is 14.7. The molecule has 5 nitrogen and oxygen atoms in total. The lowest BCUT2D eigenvalue weighted by molar-refractivity contribution is -0.156. The average molecular weight is 254 g/mol. The minimum absolute atomic E-state index is 0.188. The highest BCUT2D eigenvalue weighted by molar-refractivity contribution is 5.79. The van der Waals surface area contributed by atoms with E-state index in [2.05, 4.69) is 16.1 Å². The molecule has 0 fully saturated rings. The lowest BCUT2D eigenvalue weighted by Gasteiger charge is -2.27. The van der Waals surface area contributed by atoms with E-state index in [0.29, 0.717) is 13.1 Å². The minimum atomic E-state index is -0.428. The van der Waals surface area contributed by atoms with Crippen LogP contribution >= 0.6 is 0 Å². The molecule has 5 heteroatoms. The van der Waals surface area contributed by atoms with Crippen molar-refractivity contribution in [3.63, 3.8) is 0 Å². The molecule has 18 heavy (non-hydrogen) atoms. The quantitative estimate of drug-likeness (QED) is 0.434. The summed E-state index contributed by atoms with van der Waals surface area (Å²) in [6.45, 7) is 7.50. The summed E-state index contributed by atoms with van der Waals surface area (Å²) in [5.74, 6) is -0.188. The maximum absolute atomic E-state index is 11.7. The Labute approximate surface area is 108 Å². The Bertz CT molecular complexity index is 343. The molecule has 102 valence electrons. The molecule has 0 bridgehead atoms. The summed E-state index contributed by atoms with van der Waals surface area (Å²) in [6.07, 6.45) is 4.70. The Morgan fingerprint density at radius 1 is 1.56 bits per heavy atom. The number of oxime groups is 1. The van der Waals surface area contributed by atoms with Gasteiger partial charge >= 0.3 is 5.97 Å². The van der Waals surface area contributed by atoms with Gasteiger partial charge in [0.1, 0.15) is 12.7 Å². The molecule has 0 spiro atoms. The molecule has 1 rings (SSSR count). The summed E-state index contributed by atoms with van der Waals surface area (Å²) < 4.78 is 5.30. The maximum atomic E-state index is 11.7. The molecule has 0 saturated carbocycles. The molecule has 0 N–H and O–H groups in total. The van der Waals surface area contributed by atoms with Gasteiger partial charge in [-0.3, -0.25) is 9.69 Å². The van der Waals surface area contributed by atoms with Gasteiger partial charge in [0, 0.05) is 13.1 Å². The molecule has 0 aromatic heterocycles. The molecular formula is C13H22N2O3. The number of carbonyl (C=O) groups is 1. The fraction of sp³-hybridized carbons (Fsp3) is 0.692. The van der Waals surface area contributed by atoms with Crippen molar-refractivity contribution in [1.29, 1.82) is 0 Å². The van der Waals surface area contributed by atoms with Crippen molar-refractivity contribution in [2.75, 3.05) is 26.7 Å². The first-order valence-electron chi connectivity index (χ1n) is 6.10. The predicted octanol–water partition coefficient (Wildman–Crippen LogP) is 1.59. The first-order chi connectivity index (χ1) is 8.40. The summed E-state index contributed by atoms with van der Waals surface area (Å²) >= 11 is 0. The first-order valence-corrected chi connectivity index (χ1v) is 6.10. The van der Waals surface area contributed by atoms with Crippen LogP contribution in [0.5, 0.6) is 0 Å². The van der Waals surface area contributed by atoms with Crippen molar-refractivity contribution in [2.24, 2.45) is 5.16 Å². The summed E-state index contributed by atoms with van der Waals surface area (Å²) in [4.78, 5) is 18.4. The van der Waals surface area contributed by atoms with Crippen LogP contribution in [-0.2, 0) is 14.4 Å². The Morgan fingerprint density at radius 2 is 2.28 bits per heavy atom. The van der Waals surface area contributed by atoms with E-state index < -0.39 is 5.60 Å². The standard InChI is InChI=1S/C13H22N2O3/c1-13(2,3)18-12(16)10-15-7-5-6-11(9-15)8-14-17-4/h6,8H,5,7,9-10H2,1-4H3/b14-8+. The van der Waals surface area contributed by atoms with Crippen LogP contribution < -0.4 is 0 Å². The van der Waals surface area contributed by atoms with E-state index >= 15 is 0 Å². The van der Waals surface area contributed by atoms with Crippen molar-refractivity contribution < 1.29 is 14.4 Å². The normalized spacial score (nSPS) is 17.7. The van der Waals surface area contributed by atoms with E-state index in [1.165, 1.54) is 7.11 Å². The van der Waals surface area contributed by atoms with Gasteiger partial charge in [-0.25, -0.2) is 0 Å². The van der Waals surface area contributed by atoms with E-state index in [4.69, 9.17) is 4.74 Å². The van der Waals surface area contributed by atoms with Gasteiger partial charge < -0.3 is 9.57 Å². The maximum Gasteiger partial charge on any atom is 0.320 e. The monoisotopic (exact) mass is 254 g/mol. The SMILES string of the molecule is CO/N=C/C1=CCCN(CC(=O)OC(C)(C)C)C1. The van der Waals surface area contributed by atoms with Crippen LogP contribution in [0.3, 0.4) is 0 Å². The highest BCUT2D eigenvalue weighted by Gasteiger charge is 2.20. The predicted molar refractivity (Wildman–Crippen MR) is 70.5 cm³/mol. The Hall–Kier alpha value is -1.36. The van der Waals surface area contributed by atoms with Gasteiger partial charge in [0.25, 0.3) is 0 Å². The van der Waals surface area contributed by atoms with Crippen molar-refractivity contribution in [3.05, 3.63) is 11.6 Å². The molecular weight excluding hydrogens is 232 g/mol. The van der Waals surface area contributed by atoms with Gasteiger partial charge in [-0.1, -0.05) is 11.2 Å². The van der Waals surface area contributed by atoms with Crippen molar-refractivity contribution in [1.82, 2.24) is 4.90 Å². The van der Waals surface area contributed by atoms with Crippen LogP contribution in [-0.4, -0.2) is 49.4 Å². The van der Waals surface area contributed by atoms with Gasteiger partial charge in [-0.2, -0.15) is 0 Å². The molecule has 0 saturated heterocycles. The van der Waals surface area contributed by atoms with Gasteiger partial charge in [-0.15, -0.1) is 0 Å². The van der Waals surface area contributed by atoms with Crippen molar-refractivity contribution in [2.45, 2.75) is 32.8 Å². The lowest BCUT2D eigenvalue weighted by Crippen LogP contribution is -2.38. The third-order valence-electron chi connectivity index (χ3n) is 2.35. The topological polar surface area (TPSA) is 51.1 Å². The number of rotatable bonds is 4. The van der Waals surface area contributed by atoms with E-state index in [9.17, 15) is 4.79 Å². The largest absolute Gasteiger partial charge is 0.459 e. The Kier molecular flexibility index (Phi) is 5.34. The zero-order valence-corrected chi connectivity index (χ0v) is 11.6. The number of hydrogen-bond acceptors (Lipinski definition) is 5. The number of carbonyl (C=O) groups excluding carboxylic acids is 1. The van der Waals surface area contributed by atoms with E-state index in [-0.39, 0.29) is 5.97 Å². The smallest absolute Gasteiger partial charge is 0.320 e. The van der Waals surface area contributed by atoms with E-state index in [0.717, 1.165) is 18.5 Å². The second kappa shape index (κ2) is 6.54. The molecule has 0 aromatic carbocycles. The second-order valence-corrected chi connectivity index (χ2v) is 5.28. The van der Waals surface area contributed by atoms with Crippen LogP contribution in [0.4, 0.5) is 0 Å². The van der Waals surface area contributed by atoms with Crippen LogP contribution in [0.2, 0.25) is 0 Å².